The van der Waals surface area contributed by atoms with Gasteiger partial charge in [-0.1, -0.05) is 30.3 Å². The minimum Gasteiger partial charge on any atom is -0.293 e. The highest BCUT2D eigenvalue weighted by atomic mass is 16.2. The topological polar surface area (TPSA) is 46.5 Å². The summed E-state index contributed by atoms with van der Waals surface area (Å²) in [6, 6.07) is 6.91. The summed E-state index contributed by atoms with van der Waals surface area (Å²) in [7, 11) is 0. The SMILES string of the molecule is C=CCN=C(C)C1C(=O)c2ccccc2C1=O. The van der Waals surface area contributed by atoms with Gasteiger partial charge in [0, 0.05) is 16.8 Å². The van der Waals surface area contributed by atoms with Crippen molar-refractivity contribution in [2.24, 2.45) is 10.9 Å². The molecule has 0 saturated carbocycles. The number of fused-ring (bicyclic) bond motifs is 1. The average Bonchev–Trinajstić information content (AvgIpc) is 2.60. The summed E-state index contributed by atoms with van der Waals surface area (Å²) >= 11 is 0. The van der Waals surface area contributed by atoms with E-state index in [2.05, 4.69) is 11.6 Å². The van der Waals surface area contributed by atoms with E-state index in [4.69, 9.17) is 0 Å². The lowest BCUT2D eigenvalue weighted by Crippen LogP contribution is -2.23. The van der Waals surface area contributed by atoms with E-state index in [-0.39, 0.29) is 11.6 Å². The van der Waals surface area contributed by atoms with Crippen molar-refractivity contribution >= 4 is 17.3 Å². The first-order valence-corrected chi connectivity index (χ1v) is 5.46. The highest BCUT2D eigenvalue weighted by Gasteiger charge is 2.39. The van der Waals surface area contributed by atoms with Crippen LogP contribution < -0.4 is 0 Å². The fourth-order valence-electron chi connectivity index (χ4n) is 2.02. The van der Waals surface area contributed by atoms with Gasteiger partial charge in [0.1, 0.15) is 5.92 Å². The molecular formula is C14H13NO2. The predicted molar refractivity (Wildman–Crippen MR) is 66.8 cm³/mol. The third-order valence-electron chi connectivity index (χ3n) is 2.87. The lowest BCUT2D eigenvalue weighted by Gasteiger charge is -2.05. The van der Waals surface area contributed by atoms with E-state index < -0.39 is 5.92 Å². The molecule has 1 aliphatic carbocycles. The van der Waals surface area contributed by atoms with E-state index in [0.29, 0.717) is 23.4 Å². The maximum absolute atomic E-state index is 12.1. The molecule has 0 unspecified atom stereocenters. The van der Waals surface area contributed by atoms with Crippen LogP contribution in [0, 0.1) is 5.92 Å². The number of aliphatic imine (C=N–C) groups is 1. The van der Waals surface area contributed by atoms with Gasteiger partial charge in [-0.15, -0.1) is 6.58 Å². The number of ketones is 2. The Kier molecular flexibility index (Phi) is 3.00. The third kappa shape index (κ3) is 1.84. The van der Waals surface area contributed by atoms with Gasteiger partial charge in [-0.2, -0.15) is 0 Å². The van der Waals surface area contributed by atoms with Crippen LogP contribution in [0.25, 0.3) is 0 Å². The van der Waals surface area contributed by atoms with Gasteiger partial charge in [-0.25, -0.2) is 0 Å². The van der Waals surface area contributed by atoms with Gasteiger partial charge in [0.2, 0.25) is 0 Å². The van der Waals surface area contributed by atoms with Crippen molar-refractivity contribution in [2.45, 2.75) is 6.92 Å². The first-order valence-electron chi connectivity index (χ1n) is 5.46. The van der Waals surface area contributed by atoms with E-state index in [9.17, 15) is 9.59 Å². The van der Waals surface area contributed by atoms with Gasteiger partial charge in [-0.3, -0.25) is 14.6 Å². The van der Waals surface area contributed by atoms with Gasteiger partial charge in [0.15, 0.2) is 11.6 Å². The Bertz CT molecular complexity index is 494. The largest absolute Gasteiger partial charge is 0.293 e. The van der Waals surface area contributed by atoms with Crippen LogP contribution in [0.5, 0.6) is 0 Å². The standard InChI is InChI=1S/C14H13NO2/c1-3-8-15-9(2)12-13(16)10-6-4-5-7-11(10)14(12)17/h3-7,12H,1,8H2,2H3. The maximum Gasteiger partial charge on any atom is 0.180 e. The molecule has 1 aromatic carbocycles. The number of Topliss-reactive ketones (excluding diaryl/α,β-unsaturated/α-hetero) is 2. The number of hydrogen-bond acceptors (Lipinski definition) is 3. The van der Waals surface area contributed by atoms with Gasteiger partial charge in [-0.05, 0) is 6.92 Å². The van der Waals surface area contributed by atoms with Crippen molar-refractivity contribution in [3.05, 3.63) is 48.0 Å². The molecule has 0 heterocycles. The molecule has 3 nitrogen and oxygen atoms in total. The highest BCUT2D eigenvalue weighted by molar-refractivity contribution is 6.36. The van der Waals surface area contributed by atoms with Crippen LogP contribution in [-0.2, 0) is 0 Å². The van der Waals surface area contributed by atoms with E-state index in [0.717, 1.165) is 0 Å². The van der Waals surface area contributed by atoms with E-state index in [1.54, 1.807) is 37.3 Å². The van der Waals surface area contributed by atoms with Gasteiger partial charge < -0.3 is 0 Å². The summed E-state index contributed by atoms with van der Waals surface area (Å²) in [4.78, 5) is 28.3. The quantitative estimate of drug-likeness (QED) is 0.452. The molecule has 0 aliphatic heterocycles. The molecule has 0 bridgehead atoms. The summed E-state index contributed by atoms with van der Waals surface area (Å²) in [5.41, 5.74) is 1.59. The van der Waals surface area contributed by atoms with Crippen LogP contribution in [0.2, 0.25) is 0 Å². The minimum absolute atomic E-state index is 0.143. The Morgan fingerprint density at radius 2 is 1.82 bits per heavy atom. The van der Waals surface area contributed by atoms with Crippen LogP contribution in [0.15, 0.2) is 41.9 Å². The summed E-state index contributed by atoms with van der Waals surface area (Å²) in [6.45, 7) is 5.71. The molecule has 0 aromatic heterocycles. The van der Waals surface area contributed by atoms with Crippen molar-refractivity contribution in [1.29, 1.82) is 0 Å². The molecule has 0 radical (unpaired) electrons. The Morgan fingerprint density at radius 1 is 1.29 bits per heavy atom. The van der Waals surface area contributed by atoms with Crippen molar-refractivity contribution in [3.63, 3.8) is 0 Å². The summed E-state index contributed by atoms with van der Waals surface area (Å²) in [5, 5.41) is 0. The molecule has 86 valence electrons. The maximum atomic E-state index is 12.1. The Morgan fingerprint density at radius 3 is 2.29 bits per heavy atom. The molecule has 17 heavy (non-hydrogen) atoms. The first kappa shape index (κ1) is 11.5. The second kappa shape index (κ2) is 4.45. The normalized spacial score (nSPS) is 16.2. The second-order valence-corrected chi connectivity index (χ2v) is 3.98. The zero-order valence-corrected chi connectivity index (χ0v) is 9.64. The van der Waals surface area contributed by atoms with Crippen LogP contribution in [-0.4, -0.2) is 23.8 Å². The fourth-order valence-corrected chi connectivity index (χ4v) is 2.02. The van der Waals surface area contributed by atoms with Gasteiger partial charge in [0.25, 0.3) is 0 Å². The van der Waals surface area contributed by atoms with Crippen LogP contribution >= 0.6 is 0 Å². The fraction of sp³-hybridized carbons (Fsp3) is 0.214. The predicted octanol–water partition coefficient (Wildman–Crippen LogP) is 2.33. The lowest BCUT2D eigenvalue weighted by atomic mass is 9.99. The smallest absolute Gasteiger partial charge is 0.180 e. The molecular weight excluding hydrogens is 214 g/mol. The lowest BCUT2D eigenvalue weighted by molar-refractivity contribution is 0.0883. The molecule has 1 aromatic rings. The Labute approximate surface area is 99.9 Å². The third-order valence-corrected chi connectivity index (χ3v) is 2.87. The van der Waals surface area contributed by atoms with Gasteiger partial charge in [0.05, 0.1) is 6.54 Å². The van der Waals surface area contributed by atoms with Gasteiger partial charge >= 0.3 is 0 Å². The molecule has 0 N–H and O–H groups in total. The molecule has 0 spiro atoms. The van der Waals surface area contributed by atoms with E-state index in [1.807, 2.05) is 0 Å². The van der Waals surface area contributed by atoms with Crippen LogP contribution in [0.4, 0.5) is 0 Å². The number of hydrogen-bond donors (Lipinski definition) is 0. The first-order chi connectivity index (χ1) is 8.16. The molecule has 0 amide bonds. The zero-order chi connectivity index (χ0) is 12.4. The molecule has 2 rings (SSSR count). The second-order valence-electron chi connectivity index (χ2n) is 3.98. The average molecular weight is 227 g/mol. The summed E-state index contributed by atoms with van der Waals surface area (Å²) in [5.74, 6) is -1.01. The highest BCUT2D eigenvalue weighted by Crippen LogP contribution is 2.27. The van der Waals surface area contributed by atoms with Crippen molar-refractivity contribution in [3.8, 4) is 0 Å². The molecule has 0 atom stereocenters. The number of rotatable bonds is 3. The van der Waals surface area contributed by atoms with Crippen LogP contribution in [0.1, 0.15) is 27.6 Å². The van der Waals surface area contributed by atoms with Crippen molar-refractivity contribution in [1.82, 2.24) is 0 Å². The van der Waals surface area contributed by atoms with E-state index >= 15 is 0 Å². The zero-order valence-electron chi connectivity index (χ0n) is 9.64. The number of carbonyl (C=O) groups is 2. The van der Waals surface area contributed by atoms with Crippen molar-refractivity contribution in [2.75, 3.05) is 6.54 Å². The summed E-state index contributed by atoms with van der Waals surface area (Å²) in [6.07, 6.45) is 1.64. The van der Waals surface area contributed by atoms with Crippen LogP contribution in [0.3, 0.4) is 0 Å². The molecule has 0 fully saturated rings. The monoisotopic (exact) mass is 227 g/mol. The van der Waals surface area contributed by atoms with E-state index in [1.165, 1.54) is 0 Å². The number of nitrogens with zero attached hydrogens (tertiary/aromatic N) is 1. The number of carbonyl (C=O) groups excluding carboxylic acids is 2. The molecule has 0 saturated heterocycles. The summed E-state index contributed by atoms with van der Waals surface area (Å²) < 4.78 is 0. The number of benzene rings is 1. The molecule has 1 aliphatic rings. The Hall–Kier alpha value is -2.03. The Balaban J connectivity index is 2.39. The van der Waals surface area contributed by atoms with Crippen molar-refractivity contribution < 1.29 is 9.59 Å². The molecule has 3 heteroatoms. The minimum atomic E-state index is -0.729.